The van der Waals surface area contributed by atoms with Gasteiger partial charge >= 0.3 is 5.97 Å². The molecule has 1 aliphatic heterocycles. The third-order valence-corrected chi connectivity index (χ3v) is 4.15. The van der Waals surface area contributed by atoms with E-state index in [0.717, 1.165) is 0 Å². The molecule has 0 radical (unpaired) electrons. The normalized spacial score (nSPS) is 15.2. The number of hydrogen-bond acceptors (Lipinski definition) is 5. The molecule has 1 unspecified atom stereocenters. The van der Waals surface area contributed by atoms with E-state index in [2.05, 4.69) is 0 Å². The van der Waals surface area contributed by atoms with Gasteiger partial charge in [-0.3, -0.25) is 9.59 Å². The molecule has 0 bridgehead atoms. The molecular weight excluding hydrogens is 278 g/mol. The van der Waals surface area contributed by atoms with Crippen LogP contribution in [0.15, 0.2) is 24.3 Å². The largest absolute Gasteiger partial charge is 0.333 e. The zero-order chi connectivity index (χ0) is 14.7. The number of carbonyl (C=O) groups is 3. The van der Waals surface area contributed by atoms with Gasteiger partial charge in [0.25, 0.3) is 11.8 Å². The number of nitrogens with zero attached hydrogens (tertiary/aromatic N) is 1. The molecule has 2 amide bonds. The molecular formula is C14H15NO4S. The molecule has 1 aromatic carbocycles. The van der Waals surface area contributed by atoms with Gasteiger partial charge in [0.15, 0.2) is 0 Å². The Morgan fingerprint density at radius 3 is 2.30 bits per heavy atom. The highest BCUT2D eigenvalue weighted by Crippen LogP contribution is 2.23. The summed E-state index contributed by atoms with van der Waals surface area (Å²) in [4.78, 5) is 40.5. The van der Waals surface area contributed by atoms with Crippen LogP contribution < -0.4 is 0 Å². The zero-order valence-electron chi connectivity index (χ0n) is 11.3. The summed E-state index contributed by atoms with van der Waals surface area (Å²) in [5.74, 6) is -1.74. The lowest BCUT2D eigenvalue weighted by atomic mass is 10.1. The molecule has 20 heavy (non-hydrogen) atoms. The van der Waals surface area contributed by atoms with Crippen LogP contribution in [0, 0.1) is 0 Å². The van der Waals surface area contributed by atoms with Crippen molar-refractivity contribution in [3.05, 3.63) is 35.4 Å². The van der Waals surface area contributed by atoms with Gasteiger partial charge in [-0.1, -0.05) is 24.1 Å². The van der Waals surface area contributed by atoms with Gasteiger partial charge in [-0.25, -0.2) is 4.79 Å². The maximum atomic E-state index is 12.0. The minimum absolute atomic E-state index is 0.176. The number of carbonyl (C=O) groups excluding carboxylic acids is 3. The summed E-state index contributed by atoms with van der Waals surface area (Å²) in [5.41, 5.74) is 0.533. The van der Waals surface area contributed by atoms with Crippen LogP contribution in [0.4, 0.5) is 0 Å². The van der Waals surface area contributed by atoms with E-state index in [1.165, 1.54) is 0 Å². The molecule has 0 saturated carbocycles. The van der Waals surface area contributed by atoms with Gasteiger partial charge in [0, 0.05) is 11.7 Å². The Balaban J connectivity index is 2.00. The fourth-order valence-corrected chi connectivity index (χ4v) is 2.19. The van der Waals surface area contributed by atoms with Gasteiger partial charge in [-0.05, 0) is 24.8 Å². The molecule has 0 spiro atoms. The van der Waals surface area contributed by atoms with Gasteiger partial charge < -0.3 is 4.84 Å². The Bertz CT molecular complexity index is 523. The lowest BCUT2D eigenvalue weighted by Crippen LogP contribution is -2.32. The highest BCUT2D eigenvalue weighted by atomic mass is 32.2. The Morgan fingerprint density at radius 1 is 1.25 bits per heavy atom. The number of fused-ring (bicyclic) bond motifs is 1. The average Bonchev–Trinajstić information content (AvgIpc) is 2.70. The van der Waals surface area contributed by atoms with Crippen LogP contribution in [0.3, 0.4) is 0 Å². The van der Waals surface area contributed by atoms with Crippen molar-refractivity contribution in [1.82, 2.24) is 5.06 Å². The van der Waals surface area contributed by atoms with Crippen LogP contribution in [0.1, 0.15) is 40.5 Å². The van der Waals surface area contributed by atoms with Crippen LogP contribution >= 0.6 is 11.8 Å². The van der Waals surface area contributed by atoms with E-state index in [-0.39, 0.29) is 17.5 Å². The standard InChI is InChI=1S/C14H15NO4S/c1-9(20-2)7-8-12(16)19-15-13(17)10-5-3-4-6-11(10)14(15)18/h3-6,9H,7-8H2,1-2H3. The minimum Gasteiger partial charge on any atom is -0.330 e. The second kappa shape index (κ2) is 6.09. The Hall–Kier alpha value is -1.82. The zero-order valence-corrected chi connectivity index (χ0v) is 12.1. The van der Waals surface area contributed by atoms with Crippen LogP contribution in [0.5, 0.6) is 0 Å². The summed E-state index contributed by atoms with van der Waals surface area (Å²) in [7, 11) is 0. The number of thioether (sulfide) groups is 1. The van der Waals surface area contributed by atoms with Crippen LogP contribution in [0.2, 0.25) is 0 Å². The molecule has 0 fully saturated rings. The highest BCUT2D eigenvalue weighted by molar-refractivity contribution is 7.99. The van der Waals surface area contributed by atoms with Gasteiger partial charge in [0.1, 0.15) is 0 Å². The molecule has 0 aromatic heterocycles. The van der Waals surface area contributed by atoms with E-state index in [1.54, 1.807) is 36.0 Å². The second-order valence-electron chi connectivity index (χ2n) is 4.50. The predicted octanol–water partition coefficient (Wildman–Crippen LogP) is 2.27. The summed E-state index contributed by atoms with van der Waals surface area (Å²) in [6, 6.07) is 6.41. The first-order valence-corrected chi connectivity index (χ1v) is 7.54. The Kier molecular flexibility index (Phi) is 4.44. The van der Waals surface area contributed by atoms with Gasteiger partial charge in [0.2, 0.25) is 0 Å². The number of imide groups is 1. The van der Waals surface area contributed by atoms with Crippen molar-refractivity contribution in [2.24, 2.45) is 0 Å². The summed E-state index contributed by atoms with van der Waals surface area (Å²) >= 11 is 1.65. The Labute approximate surface area is 121 Å². The minimum atomic E-state index is -0.586. The maximum absolute atomic E-state index is 12.0. The quantitative estimate of drug-likeness (QED) is 0.779. The lowest BCUT2D eigenvalue weighted by Gasteiger charge is -2.13. The maximum Gasteiger partial charge on any atom is 0.333 e. The van der Waals surface area contributed by atoms with Crippen molar-refractivity contribution in [2.75, 3.05) is 6.26 Å². The van der Waals surface area contributed by atoms with E-state index >= 15 is 0 Å². The molecule has 2 rings (SSSR count). The Morgan fingerprint density at radius 2 is 1.80 bits per heavy atom. The molecule has 5 nitrogen and oxygen atoms in total. The average molecular weight is 293 g/mol. The van der Waals surface area contributed by atoms with Crippen molar-refractivity contribution in [3.63, 3.8) is 0 Å². The fourth-order valence-electron chi connectivity index (χ4n) is 1.84. The molecule has 6 heteroatoms. The van der Waals surface area contributed by atoms with Gasteiger partial charge in [0.05, 0.1) is 11.1 Å². The number of benzene rings is 1. The predicted molar refractivity (Wildman–Crippen MR) is 75.2 cm³/mol. The molecule has 1 aliphatic rings. The third kappa shape index (κ3) is 2.85. The molecule has 1 atom stereocenters. The smallest absolute Gasteiger partial charge is 0.330 e. The highest BCUT2D eigenvalue weighted by Gasteiger charge is 2.38. The molecule has 0 aliphatic carbocycles. The molecule has 106 valence electrons. The van der Waals surface area contributed by atoms with E-state index in [4.69, 9.17) is 4.84 Å². The molecule has 0 N–H and O–H groups in total. The summed E-state index contributed by atoms with van der Waals surface area (Å²) < 4.78 is 0. The van der Waals surface area contributed by atoms with E-state index in [1.807, 2.05) is 13.2 Å². The number of amides is 2. The topological polar surface area (TPSA) is 63.7 Å². The van der Waals surface area contributed by atoms with Crippen molar-refractivity contribution in [3.8, 4) is 0 Å². The summed E-state index contributed by atoms with van der Waals surface area (Å²) in [5, 5.41) is 0.876. The van der Waals surface area contributed by atoms with Crippen molar-refractivity contribution < 1.29 is 19.2 Å². The SMILES string of the molecule is CSC(C)CCC(=O)ON1C(=O)c2ccccc2C1=O. The van der Waals surface area contributed by atoms with Crippen molar-refractivity contribution in [1.29, 1.82) is 0 Å². The molecule has 0 saturated heterocycles. The van der Waals surface area contributed by atoms with Crippen LogP contribution in [0.25, 0.3) is 0 Å². The fraction of sp³-hybridized carbons (Fsp3) is 0.357. The second-order valence-corrected chi connectivity index (χ2v) is 5.77. The first-order valence-electron chi connectivity index (χ1n) is 6.26. The number of rotatable bonds is 5. The van der Waals surface area contributed by atoms with Gasteiger partial charge in [-0.15, -0.1) is 0 Å². The van der Waals surface area contributed by atoms with Crippen LogP contribution in [-0.4, -0.2) is 34.4 Å². The van der Waals surface area contributed by atoms with Crippen LogP contribution in [-0.2, 0) is 9.63 Å². The van der Waals surface area contributed by atoms with E-state index < -0.39 is 17.8 Å². The van der Waals surface area contributed by atoms with E-state index in [9.17, 15) is 14.4 Å². The number of hydrogen-bond donors (Lipinski definition) is 0. The summed E-state index contributed by atoms with van der Waals surface area (Å²) in [6.45, 7) is 2.00. The van der Waals surface area contributed by atoms with Gasteiger partial charge in [-0.2, -0.15) is 11.8 Å². The summed E-state index contributed by atoms with van der Waals surface area (Å²) in [6.07, 6.45) is 2.78. The molecule has 1 heterocycles. The number of hydroxylamine groups is 2. The van der Waals surface area contributed by atoms with E-state index in [0.29, 0.717) is 16.7 Å². The first-order chi connectivity index (χ1) is 9.54. The third-order valence-electron chi connectivity index (χ3n) is 3.11. The van der Waals surface area contributed by atoms with Crippen molar-refractivity contribution >= 4 is 29.5 Å². The first kappa shape index (κ1) is 14.6. The lowest BCUT2D eigenvalue weighted by molar-refractivity contribution is -0.168. The molecule has 1 aromatic rings. The monoisotopic (exact) mass is 293 g/mol. The van der Waals surface area contributed by atoms with Crippen molar-refractivity contribution in [2.45, 2.75) is 25.0 Å².